The van der Waals surface area contributed by atoms with Crippen LogP contribution in [0, 0.1) is 0 Å². The fraction of sp³-hybridized carbons (Fsp3) is 0.400. The molecular weight excluding hydrogens is 165 g/mol. The lowest BCUT2D eigenvalue weighted by atomic mass is 10.3. The van der Waals surface area contributed by atoms with Gasteiger partial charge in [0.15, 0.2) is 0 Å². The minimum atomic E-state index is 1.23. The lowest BCUT2D eigenvalue weighted by Gasteiger charge is -2.17. The van der Waals surface area contributed by atoms with Gasteiger partial charge >= 0.3 is 0 Å². The summed E-state index contributed by atoms with van der Waals surface area (Å²) < 4.78 is 0. The van der Waals surface area contributed by atoms with Crippen LogP contribution >= 0.6 is 9.24 Å². The molecule has 0 bridgehead atoms. The molecule has 0 amide bonds. The van der Waals surface area contributed by atoms with E-state index >= 15 is 0 Å². The van der Waals surface area contributed by atoms with Gasteiger partial charge in [0.05, 0.1) is 0 Å². The second-order valence-electron chi connectivity index (χ2n) is 3.29. The van der Waals surface area contributed by atoms with Crippen LogP contribution in [0.4, 0.5) is 5.69 Å². The molecule has 0 N–H and O–H groups in total. The summed E-state index contributed by atoms with van der Waals surface area (Å²) in [5.41, 5.74) is 1.37. The van der Waals surface area contributed by atoms with Crippen molar-refractivity contribution in [2.45, 2.75) is 12.8 Å². The third-order valence-corrected chi connectivity index (χ3v) is 2.75. The maximum absolute atomic E-state index is 2.71. The van der Waals surface area contributed by atoms with E-state index in [0.717, 1.165) is 0 Å². The van der Waals surface area contributed by atoms with Crippen molar-refractivity contribution in [3.63, 3.8) is 0 Å². The van der Waals surface area contributed by atoms with E-state index in [1.165, 1.54) is 36.9 Å². The molecule has 1 aromatic carbocycles. The van der Waals surface area contributed by atoms with E-state index in [1.807, 2.05) is 0 Å². The van der Waals surface area contributed by atoms with Gasteiger partial charge in [0.1, 0.15) is 0 Å². The van der Waals surface area contributed by atoms with E-state index in [1.54, 1.807) is 0 Å². The van der Waals surface area contributed by atoms with Gasteiger partial charge in [-0.25, -0.2) is 0 Å². The zero-order valence-corrected chi connectivity index (χ0v) is 8.32. The minimum Gasteiger partial charge on any atom is -0.372 e. The first kappa shape index (κ1) is 8.07. The molecule has 0 aromatic heterocycles. The first-order valence-electron chi connectivity index (χ1n) is 4.47. The number of benzene rings is 1. The van der Waals surface area contributed by atoms with Crippen molar-refractivity contribution in [3.05, 3.63) is 24.3 Å². The molecule has 1 aromatic rings. The van der Waals surface area contributed by atoms with Crippen molar-refractivity contribution < 1.29 is 0 Å². The highest BCUT2D eigenvalue weighted by Gasteiger charge is 2.10. The normalized spacial score (nSPS) is 16.9. The van der Waals surface area contributed by atoms with Gasteiger partial charge in [-0.15, -0.1) is 9.24 Å². The summed E-state index contributed by atoms with van der Waals surface area (Å²) in [6.45, 7) is 2.46. The Morgan fingerprint density at radius 2 is 1.58 bits per heavy atom. The number of hydrogen-bond acceptors (Lipinski definition) is 1. The summed E-state index contributed by atoms with van der Waals surface area (Å²) in [5.74, 6) is 0. The van der Waals surface area contributed by atoms with E-state index in [9.17, 15) is 0 Å². The number of anilines is 1. The van der Waals surface area contributed by atoms with E-state index in [0.29, 0.717) is 0 Å². The summed E-state index contributed by atoms with van der Waals surface area (Å²) >= 11 is 0. The first-order chi connectivity index (χ1) is 5.86. The summed E-state index contributed by atoms with van der Waals surface area (Å²) in [7, 11) is 2.71. The first-order valence-corrected chi connectivity index (χ1v) is 5.04. The highest BCUT2D eigenvalue weighted by molar-refractivity contribution is 7.27. The van der Waals surface area contributed by atoms with Crippen molar-refractivity contribution in [1.82, 2.24) is 0 Å². The van der Waals surface area contributed by atoms with Gasteiger partial charge in [0.2, 0.25) is 0 Å². The average molecular weight is 179 g/mol. The quantitative estimate of drug-likeness (QED) is 0.594. The van der Waals surface area contributed by atoms with Crippen molar-refractivity contribution in [1.29, 1.82) is 0 Å². The van der Waals surface area contributed by atoms with Crippen LogP contribution in [0.5, 0.6) is 0 Å². The van der Waals surface area contributed by atoms with Gasteiger partial charge in [0.25, 0.3) is 0 Å². The summed E-state index contributed by atoms with van der Waals surface area (Å²) in [5, 5.41) is 1.26. The molecule has 0 spiro atoms. The Hall–Kier alpha value is -0.550. The van der Waals surface area contributed by atoms with Crippen LogP contribution in [0.2, 0.25) is 0 Å². The Labute approximate surface area is 76.0 Å². The standard InChI is InChI=1S/C10H14NP/c12-10-5-3-9(4-6-10)11-7-1-2-8-11/h3-6H,1-2,7-8,12H2. The molecule has 1 aliphatic heterocycles. The average Bonchev–Trinajstić information content (AvgIpc) is 2.58. The van der Waals surface area contributed by atoms with Gasteiger partial charge in [-0.3, -0.25) is 0 Å². The molecule has 1 fully saturated rings. The summed E-state index contributed by atoms with van der Waals surface area (Å²) in [6.07, 6.45) is 2.70. The van der Waals surface area contributed by atoms with E-state index < -0.39 is 0 Å². The molecule has 12 heavy (non-hydrogen) atoms. The van der Waals surface area contributed by atoms with Crippen molar-refractivity contribution in [2.24, 2.45) is 0 Å². The zero-order chi connectivity index (χ0) is 8.39. The summed E-state index contributed by atoms with van der Waals surface area (Å²) in [6, 6.07) is 8.71. The predicted molar refractivity (Wildman–Crippen MR) is 57.2 cm³/mol. The van der Waals surface area contributed by atoms with Crippen LogP contribution in [0.1, 0.15) is 12.8 Å². The minimum absolute atomic E-state index is 1.23. The van der Waals surface area contributed by atoms with Gasteiger partial charge < -0.3 is 4.90 Å². The van der Waals surface area contributed by atoms with Crippen molar-refractivity contribution >= 4 is 20.2 Å². The monoisotopic (exact) mass is 179 g/mol. The molecule has 0 radical (unpaired) electrons. The van der Waals surface area contributed by atoms with E-state index in [2.05, 4.69) is 38.4 Å². The molecule has 0 saturated carbocycles. The van der Waals surface area contributed by atoms with Gasteiger partial charge in [-0.1, -0.05) is 12.1 Å². The fourth-order valence-corrected chi connectivity index (χ4v) is 1.85. The van der Waals surface area contributed by atoms with Gasteiger partial charge in [0, 0.05) is 18.8 Å². The highest BCUT2D eigenvalue weighted by atomic mass is 31.0. The SMILES string of the molecule is Pc1ccc(N2CCCC2)cc1. The molecule has 2 heteroatoms. The fourth-order valence-electron chi connectivity index (χ4n) is 1.66. The predicted octanol–water partition coefficient (Wildman–Crippen LogP) is 1.79. The Kier molecular flexibility index (Phi) is 2.32. The van der Waals surface area contributed by atoms with Crippen LogP contribution in [0.3, 0.4) is 0 Å². The second-order valence-corrected chi connectivity index (χ2v) is 3.95. The number of hydrogen-bond donors (Lipinski definition) is 0. The summed E-state index contributed by atoms with van der Waals surface area (Å²) in [4.78, 5) is 2.45. The maximum Gasteiger partial charge on any atom is 0.0366 e. The molecule has 1 saturated heterocycles. The van der Waals surface area contributed by atoms with Crippen LogP contribution < -0.4 is 10.2 Å². The Balaban J connectivity index is 2.17. The maximum atomic E-state index is 2.71. The van der Waals surface area contributed by atoms with Crippen molar-refractivity contribution in [2.75, 3.05) is 18.0 Å². The number of rotatable bonds is 1. The molecule has 64 valence electrons. The molecule has 1 unspecified atom stereocenters. The van der Waals surface area contributed by atoms with E-state index in [-0.39, 0.29) is 0 Å². The zero-order valence-electron chi connectivity index (χ0n) is 7.16. The molecule has 1 nitrogen and oxygen atoms in total. The molecular formula is C10H14NP. The lowest BCUT2D eigenvalue weighted by molar-refractivity contribution is 0.949. The van der Waals surface area contributed by atoms with Gasteiger partial charge in [-0.05, 0) is 30.3 Å². The molecule has 2 rings (SSSR count). The topological polar surface area (TPSA) is 3.24 Å². The smallest absolute Gasteiger partial charge is 0.0366 e. The second kappa shape index (κ2) is 3.45. The van der Waals surface area contributed by atoms with Crippen molar-refractivity contribution in [3.8, 4) is 0 Å². The Morgan fingerprint density at radius 1 is 1.00 bits per heavy atom. The van der Waals surface area contributed by atoms with Crippen LogP contribution in [-0.2, 0) is 0 Å². The lowest BCUT2D eigenvalue weighted by Crippen LogP contribution is -2.17. The Morgan fingerprint density at radius 3 is 2.17 bits per heavy atom. The number of nitrogens with zero attached hydrogens (tertiary/aromatic N) is 1. The largest absolute Gasteiger partial charge is 0.372 e. The molecule has 1 heterocycles. The third kappa shape index (κ3) is 1.61. The van der Waals surface area contributed by atoms with Crippen LogP contribution in [0.15, 0.2) is 24.3 Å². The van der Waals surface area contributed by atoms with Crippen LogP contribution in [-0.4, -0.2) is 13.1 Å². The Bertz CT molecular complexity index is 249. The van der Waals surface area contributed by atoms with Crippen LogP contribution in [0.25, 0.3) is 0 Å². The molecule has 1 atom stereocenters. The highest BCUT2D eigenvalue weighted by Crippen LogP contribution is 2.18. The molecule has 1 aliphatic rings. The van der Waals surface area contributed by atoms with Gasteiger partial charge in [-0.2, -0.15) is 0 Å². The molecule has 0 aliphatic carbocycles. The van der Waals surface area contributed by atoms with E-state index in [4.69, 9.17) is 0 Å². The third-order valence-electron chi connectivity index (χ3n) is 2.36.